The van der Waals surface area contributed by atoms with Crippen molar-refractivity contribution in [2.24, 2.45) is 5.92 Å². The predicted octanol–water partition coefficient (Wildman–Crippen LogP) is 6.09. The molecule has 5 atom stereocenters. The largest absolute Gasteiger partial charge is 0.416 e. The van der Waals surface area contributed by atoms with Crippen molar-refractivity contribution in [3.05, 3.63) is 70.5 Å². The standard InChI is InChI=1S/C31H33F7N2O4/c1-17(19-11-21(30(33,34)35)15-22(12-19)31(36,37)38)44-25-16-40-24(27(25)18-3-5-23(32)6-4-18)13-20(14-26(40)41)28(42)39-9-7-29(2,43)8-10-39/h3-6,11-12,15,17,20,24-25,27,43H,7-10,13-14,16H2,1-2H3/t17-,20?,24+,25+,27+/m1/s1. The average molecular weight is 631 g/mol. The van der Waals surface area contributed by atoms with Crippen LogP contribution in [-0.4, -0.2) is 64.1 Å². The van der Waals surface area contributed by atoms with E-state index < -0.39 is 65.0 Å². The molecule has 0 spiro atoms. The van der Waals surface area contributed by atoms with Crippen molar-refractivity contribution in [3.8, 4) is 0 Å². The fourth-order valence-corrected chi connectivity index (χ4v) is 6.61. The number of ether oxygens (including phenoxy) is 1. The number of nitrogens with zero attached hydrogens (tertiary/aromatic N) is 2. The summed E-state index contributed by atoms with van der Waals surface area (Å²) < 4.78 is 101. The molecular formula is C31H33F7N2O4. The summed E-state index contributed by atoms with van der Waals surface area (Å²) in [6, 6.07) is 6.13. The highest BCUT2D eigenvalue weighted by atomic mass is 19.4. The maximum atomic E-state index is 13.8. The molecule has 5 rings (SSSR count). The number of halogens is 7. The summed E-state index contributed by atoms with van der Waals surface area (Å²) in [5.41, 5.74) is -3.59. The van der Waals surface area contributed by atoms with Crippen LogP contribution in [0.25, 0.3) is 0 Å². The van der Waals surface area contributed by atoms with Gasteiger partial charge in [0.2, 0.25) is 11.8 Å². The third-order valence-electron chi connectivity index (χ3n) is 9.07. The second kappa shape index (κ2) is 11.6. The molecule has 1 unspecified atom stereocenters. The Kier molecular flexibility index (Phi) is 8.51. The van der Waals surface area contributed by atoms with Crippen LogP contribution in [0.5, 0.6) is 0 Å². The quantitative estimate of drug-likeness (QED) is 0.407. The number of carbonyl (C=O) groups is 2. The Balaban J connectivity index is 1.43. The molecule has 2 aromatic carbocycles. The highest BCUT2D eigenvalue weighted by Crippen LogP contribution is 2.45. The van der Waals surface area contributed by atoms with E-state index in [1.54, 1.807) is 16.7 Å². The van der Waals surface area contributed by atoms with Crippen LogP contribution in [0.3, 0.4) is 0 Å². The van der Waals surface area contributed by atoms with Crippen molar-refractivity contribution in [1.82, 2.24) is 9.80 Å². The topological polar surface area (TPSA) is 70.1 Å². The maximum absolute atomic E-state index is 13.8. The lowest BCUT2D eigenvalue weighted by molar-refractivity contribution is -0.149. The minimum atomic E-state index is -5.03. The Hall–Kier alpha value is -3.19. The third kappa shape index (κ3) is 6.73. The molecule has 240 valence electrons. The molecule has 6 nitrogen and oxygen atoms in total. The lowest BCUT2D eigenvalue weighted by Crippen LogP contribution is -2.51. The molecular weight excluding hydrogens is 597 g/mol. The fraction of sp³-hybridized carbons (Fsp3) is 0.548. The minimum Gasteiger partial charge on any atom is -0.390 e. The van der Waals surface area contributed by atoms with E-state index in [0.717, 1.165) is 0 Å². The zero-order valence-electron chi connectivity index (χ0n) is 24.1. The van der Waals surface area contributed by atoms with E-state index in [0.29, 0.717) is 43.6 Å². The lowest BCUT2D eigenvalue weighted by atomic mass is 9.81. The maximum Gasteiger partial charge on any atom is 0.416 e. The van der Waals surface area contributed by atoms with Gasteiger partial charge in [-0.25, -0.2) is 4.39 Å². The lowest BCUT2D eigenvalue weighted by Gasteiger charge is -2.41. The number of hydrogen-bond acceptors (Lipinski definition) is 4. The molecule has 0 aromatic heterocycles. The van der Waals surface area contributed by atoms with Crippen LogP contribution < -0.4 is 0 Å². The van der Waals surface area contributed by atoms with Crippen LogP contribution in [0.2, 0.25) is 0 Å². The van der Waals surface area contributed by atoms with Crippen LogP contribution >= 0.6 is 0 Å². The Morgan fingerprint density at radius 1 is 1.00 bits per heavy atom. The predicted molar refractivity (Wildman–Crippen MR) is 144 cm³/mol. The molecule has 3 heterocycles. The first-order valence-electron chi connectivity index (χ1n) is 14.4. The van der Waals surface area contributed by atoms with Crippen LogP contribution in [-0.2, 0) is 26.7 Å². The van der Waals surface area contributed by atoms with Crippen LogP contribution in [0.15, 0.2) is 42.5 Å². The van der Waals surface area contributed by atoms with E-state index in [1.807, 2.05) is 0 Å². The molecule has 1 N–H and O–H groups in total. The molecule has 0 aliphatic carbocycles. The Bertz CT molecular complexity index is 1350. The number of alkyl halides is 6. The molecule has 3 saturated heterocycles. The average Bonchev–Trinajstić information content (AvgIpc) is 3.30. The molecule has 3 aliphatic heterocycles. The van der Waals surface area contributed by atoms with E-state index in [2.05, 4.69) is 0 Å². The van der Waals surface area contributed by atoms with Gasteiger partial charge in [0.15, 0.2) is 0 Å². The molecule has 0 saturated carbocycles. The van der Waals surface area contributed by atoms with Crippen LogP contribution in [0.4, 0.5) is 30.7 Å². The van der Waals surface area contributed by atoms with E-state index in [1.165, 1.54) is 31.2 Å². The van der Waals surface area contributed by atoms with Gasteiger partial charge < -0.3 is 19.6 Å². The smallest absolute Gasteiger partial charge is 0.390 e. The second-order valence-corrected chi connectivity index (χ2v) is 12.3. The van der Waals surface area contributed by atoms with Gasteiger partial charge >= 0.3 is 12.4 Å². The number of benzene rings is 2. The molecule has 0 radical (unpaired) electrons. The summed E-state index contributed by atoms with van der Waals surface area (Å²) in [7, 11) is 0. The van der Waals surface area contributed by atoms with Gasteiger partial charge in [-0.2, -0.15) is 26.3 Å². The summed E-state index contributed by atoms with van der Waals surface area (Å²) in [6.45, 7) is 3.72. The highest BCUT2D eigenvalue weighted by Gasteiger charge is 2.51. The number of aliphatic hydroxyl groups is 1. The van der Waals surface area contributed by atoms with E-state index in [-0.39, 0.29) is 42.8 Å². The van der Waals surface area contributed by atoms with Crippen molar-refractivity contribution < 1.29 is 50.2 Å². The monoisotopic (exact) mass is 630 g/mol. The number of rotatable bonds is 5. The van der Waals surface area contributed by atoms with Gasteiger partial charge in [0, 0.05) is 43.9 Å². The molecule has 44 heavy (non-hydrogen) atoms. The SMILES string of the molecule is C[C@@H](O[C@H]1CN2C(=O)CC(C(=O)N3CCC(C)(O)CC3)C[C@H]2[C@@H]1c1ccc(F)cc1)c1cc(C(F)(F)F)cc(C(F)(F)F)c1. The molecule has 3 aliphatic rings. The first kappa shape index (κ1) is 32.2. The Morgan fingerprint density at radius 3 is 2.11 bits per heavy atom. The summed E-state index contributed by atoms with van der Waals surface area (Å²) >= 11 is 0. The molecule has 0 bridgehead atoms. The fourth-order valence-electron chi connectivity index (χ4n) is 6.61. The van der Waals surface area contributed by atoms with Gasteiger partial charge in [-0.15, -0.1) is 0 Å². The van der Waals surface area contributed by atoms with Crippen LogP contribution in [0, 0.1) is 11.7 Å². The molecule has 13 heteroatoms. The van der Waals surface area contributed by atoms with Gasteiger partial charge in [-0.1, -0.05) is 12.1 Å². The Morgan fingerprint density at radius 2 is 1.57 bits per heavy atom. The zero-order chi connectivity index (χ0) is 32.2. The third-order valence-corrected chi connectivity index (χ3v) is 9.07. The van der Waals surface area contributed by atoms with Gasteiger partial charge in [0.05, 0.1) is 28.9 Å². The van der Waals surface area contributed by atoms with Gasteiger partial charge in [0.25, 0.3) is 0 Å². The molecule has 2 amide bonds. The number of fused-ring (bicyclic) bond motifs is 1. The van der Waals surface area contributed by atoms with Gasteiger partial charge in [0.1, 0.15) is 5.82 Å². The number of piperidine rings is 2. The Labute approximate surface area is 249 Å². The van der Waals surface area contributed by atoms with E-state index in [4.69, 9.17) is 4.74 Å². The van der Waals surface area contributed by atoms with E-state index >= 15 is 0 Å². The van der Waals surface area contributed by atoms with Crippen molar-refractivity contribution in [2.75, 3.05) is 19.6 Å². The van der Waals surface area contributed by atoms with Gasteiger partial charge in [-0.05, 0) is 74.6 Å². The summed E-state index contributed by atoms with van der Waals surface area (Å²) in [5.74, 6) is -2.36. The summed E-state index contributed by atoms with van der Waals surface area (Å²) in [5, 5.41) is 10.3. The number of amides is 2. The normalized spacial score (nSPS) is 26.5. The highest BCUT2D eigenvalue weighted by molar-refractivity contribution is 5.88. The second-order valence-electron chi connectivity index (χ2n) is 12.3. The molecule has 3 fully saturated rings. The van der Waals surface area contributed by atoms with Crippen molar-refractivity contribution in [2.45, 2.75) is 81.7 Å². The summed E-state index contributed by atoms with van der Waals surface area (Å²) in [4.78, 5) is 30.0. The zero-order valence-corrected chi connectivity index (χ0v) is 24.1. The number of hydrogen-bond donors (Lipinski definition) is 1. The molecule has 2 aromatic rings. The van der Waals surface area contributed by atoms with Gasteiger partial charge in [-0.3, -0.25) is 9.59 Å². The summed E-state index contributed by atoms with van der Waals surface area (Å²) in [6.07, 6.45) is -11.2. The minimum absolute atomic E-state index is 0.00549. The number of likely N-dealkylation sites (tertiary alicyclic amines) is 1. The van der Waals surface area contributed by atoms with Crippen molar-refractivity contribution in [3.63, 3.8) is 0 Å². The van der Waals surface area contributed by atoms with Crippen LogP contribution in [0.1, 0.15) is 73.8 Å². The first-order chi connectivity index (χ1) is 20.4. The van der Waals surface area contributed by atoms with Crippen molar-refractivity contribution >= 4 is 11.8 Å². The number of carbonyl (C=O) groups excluding carboxylic acids is 2. The van der Waals surface area contributed by atoms with Crippen molar-refractivity contribution in [1.29, 1.82) is 0 Å². The van der Waals surface area contributed by atoms with E-state index in [9.17, 15) is 45.4 Å². The first-order valence-corrected chi connectivity index (χ1v) is 14.4.